The van der Waals surface area contributed by atoms with Crippen molar-refractivity contribution in [1.82, 2.24) is 14.8 Å². The van der Waals surface area contributed by atoms with Gasteiger partial charge in [-0.1, -0.05) is 33.6 Å². The molecule has 1 saturated heterocycles. The molecular weight excluding hydrogens is 442 g/mol. The van der Waals surface area contributed by atoms with Gasteiger partial charge in [-0.05, 0) is 55.2 Å². The Morgan fingerprint density at radius 2 is 1.85 bits per heavy atom. The van der Waals surface area contributed by atoms with Crippen LogP contribution in [0.3, 0.4) is 0 Å². The summed E-state index contributed by atoms with van der Waals surface area (Å²) in [5.41, 5.74) is 2.96. The van der Waals surface area contributed by atoms with Crippen molar-refractivity contribution in [3.8, 4) is 16.9 Å². The Bertz CT molecular complexity index is 1160. The first-order valence-corrected chi connectivity index (χ1v) is 12.3. The van der Waals surface area contributed by atoms with Gasteiger partial charge in [0.05, 0.1) is 13.2 Å². The number of hydrogen-bond acceptors (Lipinski definition) is 6. The van der Waals surface area contributed by atoms with Crippen molar-refractivity contribution in [1.29, 1.82) is 0 Å². The fourth-order valence-corrected chi connectivity index (χ4v) is 5.76. The second kappa shape index (κ2) is 9.46. The first kappa shape index (κ1) is 23.2. The monoisotopic (exact) mass is 469 g/mol. The Morgan fingerprint density at radius 3 is 2.45 bits per heavy atom. The quantitative estimate of drug-likeness (QED) is 0.551. The second-order valence-corrected chi connectivity index (χ2v) is 9.80. The summed E-state index contributed by atoms with van der Waals surface area (Å²) >= 11 is 0. The summed E-state index contributed by atoms with van der Waals surface area (Å²) in [7, 11) is -2.09. The summed E-state index contributed by atoms with van der Waals surface area (Å²) in [4.78, 5) is 14.8. The first-order valence-electron chi connectivity index (χ1n) is 10.8. The number of aryl methyl sites for hydroxylation is 2. The predicted octanol–water partition coefficient (Wildman–Crippen LogP) is 3.77. The molecule has 0 saturated carbocycles. The Morgan fingerprint density at radius 1 is 1.15 bits per heavy atom. The summed E-state index contributed by atoms with van der Waals surface area (Å²) in [5, 5.41) is 3.73. The normalized spacial score (nSPS) is 16.4. The van der Waals surface area contributed by atoms with Crippen LogP contribution < -0.4 is 9.46 Å². The molecule has 8 nitrogen and oxygen atoms in total. The van der Waals surface area contributed by atoms with Crippen LogP contribution in [0.5, 0.6) is 5.75 Å². The number of aromatic nitrogens is 1. The van der Waals surface area contributed by atoms with E-state index in [-0.39, 0.29) is 22.6 Å². The van der Waals surface area contributed by atoms with Crippen LogP contribution >= 0.6 is 0 Å². The third-order valence-electron chi connectivity index (χ3n) is 5.88. The molecular formula is C24H27N3O5S. The summed E-state index contributed by atoms with van der Waals surface area (Å²) in [6, 6.07) is 15.0. The molecule has 1 fully saturated rings. The van der Waals surface area contributed by atoms with E-state index in [0.717, 1.165) is 16.9 Å². The molecule has 9 heteroatoms. The summed E-state index contributed by atoms with van der Waals surface area (Å²) in [6.07, 6.45) is 1.08. The van der Waals surface area contributed by atoms with Crippen molar-refractivity contribution in [2.24, 2.45) is 0 Å². The van der Waals surface area contributed by atoms with E-state index < -0.39 is 10.4 Å². The van der Waals surface area contributed by atoms with Crippen molar-refractivity contribution < 1.29 is 22.8 Å². The molecule has 1 amide bonds. The van der Waals surface area contributed by atoms with Gasteiger partial charge in [0.15, 0.2) is 16.2 Å². The van der Waals surface area contributed by atoms with Crippen LogP contribution in [0.25, 0.3) is 11.1 Å². The van der Waals surface area contributed by atoms with Crippen molar-refractivity contribution in [2.45, 2.75) is 37.6 Å². The van der Waals surface area contributed by atoms with Crippen LogP contribution in [0.1, 0.15) is 34.7 Å². The van der Waals surface area contributed by atoms with Crippen LogP contribution in [-0.4, -0.2) is 46.8 Å². The maximum Gasteiger partial charge on any atom is 0.253 e. The molecule has 1 aliphatic heterocycles. The highest BCUT2D eigenvalue weighted by molar-refractivity contribution is 7.95. The Hall–Kier alpha value is -3.01. The van der Waals surface area contributed by atoms with E-state index in [1.165, 1.54) is 0 Å². The maximum atomic E-state index is 13.0. The number of sulfonamides is 1. The maximum absolute atomic E-state index is 13.0. The van der Waals surface area contributed by atoms with Gasteiger partial charge in [0, 0.05) is 25.6 Å². The third-order valence-corrected chi connectivity index (χ3v) is 7.64. The van der Waals surface area contributed by atoms with Crippen LogP contribution in [0.15, 0.2) is 57.9 Å². The number of rotatable bonds is 6. The minimum absolute atomic E-state index is 0.0563. The number of likely N-dealkylation sites (tertiary alicyclic amines) is 1. The molecule has 1 N–H and O–H groups in total. The molecule has 4 rings (SSSR count). The molecule has 1 aromatic heterocycles. The minimum atomic E-state index is -3.72. The number of benzene rings is 2. The number of nitrogens with zero attached hydrogens (tertiary/aromatic N) is 2. The number of hydrogen-bond donors (Lipinski definition) is 1. The molecule has 0 bridgehead atoms. The second-order valence-electron chi connectivity index (χ2n) is 8.15. The van der Waals surface area contributed by atoms with E-state index in [9.17, 15) is 13.6 Å². The molecule has 0 spiro atoms. The van der Waals surface area contributed by atoms with Crippen LogP contribution in [0.2, 0.25) is 0 Å². The lowest BCUT2D eigenvalue weighted by Crippen LogP contribution is -2.48. The van der Waals surface area contributed by atoms with Crippen molar-refractivity contribution in [3.05, 3.63) is 65.5 Å². The van der Waals surface area contributed by atoms with Gasteiger partial charge < -0.3 is 18.7 Å². The van der Waals surface area contributed by atoms with Crippen LogP contribution in [0, 0.1) is 13.8 Å². The van der Waals surface area contributed by atoms with Crippen molar-refractivity contribution in [3.63, 3.8) is 0 Å². The number of carbonyl (C=O) groups is 1. The number of methoxy groups -OCH3 is 1. The number of amides is 1. The summed E-state index contributed by atoms with van der Waals surface area (Å²) < 4.78 is 38.5. The standard InChI is InChI=1S/C24H27N3O5S/c1-16-23(17(2)32-25-16)33(29,30)26-21-11-13-27(14-12-21)24(28)19-9-7-18(8-10-19)20-5-4-6-22(15-20)31-3/h4-10,15,21H,11-14H2,1-3H3,(H-,26,29,30). The zero-order valence-electron chi connectivity index (χ0n) is 18.9. The lowest BCUT2D eigenvalue weighted by molar-refractivity contribution is 0.0711. The lowest BCUT2D eigenvalue weighted by atomic mass is 10.0. The number of piperidine rings is 1. The van der Waals surface area contributed by atoms with Gasteiger partial charge in [-0.2, -0.15) is 0 Å². The largest absolute Gasteiger partial charge is 0.593 e. The van der Waals surface area contributed by atoms with Crippen LogP contribution in [0.4, 0.5) is 0 Å². The Labute approximate surface area is 194 Å². The van der Waals surface area contributed by atoms with Gasteiger partial charge in [0.25, 0.3) is 5.91 Å². The highest BCUT2D eigenvalue weighted by Gasteiger charge is 2.34. The molecule has 1 aliphatic rings. The van der Waals surface area contributed by atoms with Gasteiger partial charge in [-0.15, -0.1) is 4.72 Å². The van der Waals surface area contributed by atoms with Crippen molar-refractivity contribution >= 4 is 16.3 Å². The zero-order chi connectivity index (χ0) is 23.6. The molecule has 2 heterocycles. The molecule has 1 atom stereocenters. The highest BCUT2D eigenvalue weighted by atomic mass is 32.3. The number of nitrogens with one attached hydrogen (secondary N) is 1. The van der Waals surface area contributed by atoms with Gasteiger partial charge in [-0.3, -0.25) is 4.79 Å². The average molecular weight is 470 g/mol. The SMILES string of the molecule is COc1cccc(-c2ccc(C(=O)N3CCC(N[S+](=O)([O-])c4c(C)noc4C)CC3)cc2)c1. The topological polar surface area (TPSA) is 108 Å². The van der Waals surface area contributed by atoms with E-state index in [1.54, 1.807) is 25.9 Å². The molecule has 174 valence electrons. The summed E-state index contributed by atoms with van der Waals surface area (Å²) in [5.74, 6) is 0.990. The highest BCUT2D eigenvalue weighted by Crippen LogP contribution is 2.26. The number of carbonyl (C=O) groups excluding carboxylic acids is 1. The van der Waals surface area contributed by atoms with Gasteiger partial charge in [0.2, 0.25) is 4.90 Å². The van der Waals surface area contributed by atoms with Gasteiger partial charge >= 0.3 is 0 Å². The smallest absolute Gasteiger partial charge is 0.253 e. The van der Waals surface area contributed by atoms with E-state index in [4.69, 9.17) is 9.26 Å². The van der Waals surface area contributed by atoms with Gasteiger partial charge in [0.1, 0.15) is 11.4 Å². The van der Waals surface area contributed by atoms with E-state index >= 15 is 0 Å². The zero-order valence-corrected chi connectivity index (χ0v) is 19.7. The fraction of sp³-hybridized carbons (Fsp3) is 0.333. The minimum Gasteiger partial charge on any atom is -0.593 e. The first-order chi connectivity index (χ1) is 15.8. The lowest BCUT2D eigenvalue weighted by Gasteiger charge is -2.32. The van der Waals surface area contributed by atoms with Gasteiger partial charge in [-0.25, -0.2) is 0 Å². The number of ether oxygens (including phenoxy) is 1. The van der Waals surface area contributed by atoms with E-state index in [2.05, 4.69) is 9.88 Å². The molecule has 33 heavy (non-hydrogen) atoms. The fourth-order valence-electron chi connectivity index (χ4n) is 4.13. The Kier molecular flexibility index (Phi) is 6.64. The third kappa shape index (κ3) is 5.00. The average Bonchev–Trinajstić information content (AvgIpc) is 3.17. The predicted molar refractivity (Wildman–Crippen MR) is 124 cm³/mol. The summed E-state index contributed by atoms with van der Waals surface area (Å²) in [6.45, 7) is 4.14. The molecule has 0 radical (unpaired) electrons. The van der Waals surface area contributed by atoms with Crippen LogP contribution in [-0.2, 0) is 14.6 Å². The molecule has 0 aliphatic carbocycles. The van der Waals surface area contributed by atoms with E-state index in [0.29, 0.717) is 37.2 Å². The molecule has 2 aromatic carbocycles. The van der Waals surface area contributed by atoms with Crippen molar-refractivity contribution in [2.75, 3.05) is 20.2 Å². The molecule has 3 aromatic rings. The molecule has 1 unspecified atom stereocenters. The van der Waals surface area contributed by atoms with E-state index in [1.807, 2.05) is 48.5 Å². The Balaban J connectivity index is 1.37.